The van der Waals surface area contributed by atoms with Crippen LogP contribution in [0, 0.1) is 10.1 Å². The van der Waals surface area contributed by atoms with Gasteiger partial charge >= 0.3 is 11.8 Å². The fourth-order valence-corrected chi connectivity index (χ4v) is 2.11. The van der Waals surface area contributed by atoms with Gasteiger partial charge in [0.15, 0.2) is 0 Å². The number of hydrazone groups is 1. The molecule has 2 rings (SSSR count). The molecule has 8 nitrogen and oxygen atoms in total. The number of nitro groups is 1. The van der Waals surface area contributed by atoms with Gasteiger partial charge in [0.2, 0.25) is 0 Å². The maximum Gasteiger partial charge on any atom is 0.329 e. The SMILES string of the molecule is O=C(NN=C1CCCCC1)C(=O)Nc1ccc([N+](=O)[O-])cc1. The van der Waals surface area contributed by atoms with Crippen molar-refractivity contribution in [3.63, 3.8) is 0 Å². The van der Waals surface area contributed by atoms with Crippen LogP contribution >= 0.6 is 0 Å². The highest BCUT2D eigenvalue weighted by Crippen LogP contribution is 2.15. The molecule has 0 unspecified atom stereocenters. The molecular weight excluding hydrogens is 288 g/mol. The molecule has 0 spiro atoms. The molecule has 0 saturated heterocycles. The van der Waals surface area contributed by atoms with Gasteiger partial charge in [0, 0.05) is 23.5 Å². The molecule has 1 aromatic rings. The third-order valence-corrected chi connectivity index (χ3v) is 3.29. The van der Waals surface area contributed by atoms with Gasteiger partial charge in [0.05, 0.1) is 4.92 Å². The van der Waals surface area contributed by atoms with Gasteiger partial charge in [-0.3, -0.25) is 19.7 Å². The number of nitro benzene ring substituents is 1. The molecule has 1 fully saturated rings. The molecule has 0 aliphatic heterocycles. The summed E-state index contributed by atoms with van der Waals surface area (Å²) >= 11 is 0. The molecule has 1 aliphatic carbocycles. The van der Waals surface area contributed by atoms with Gasteiger partial charge in [0.1, 0.15) is 0 Å². The Morgan fingerprint density at radius 3 is 2.27 bits per heavy atom. The Balaban J connectivity index is 1.88. The molecule has 1 aliphatic rings. The number of amides is 2. The molecule has 1 saturated carbocycles. The van der Waals surface area contributed by atoms with Crippen LogP contribution in [-0.4, -0.2) is 22.4 Å². The third kappa shape index (κ3) is 4.37. The summed E-state index contributed by atoms with van der Waals surface area (Å²) in [6, 6.07) is 5.21. The third-order valence-electron chi connectivity index (χ3n) is 3.29. The van der Waals surface area contributed by atoms with E-state index in [1.807, 2.05) is 0 Å². The smallest absolute Gasteiger partial charge is 0.318 e. The van der Waals surface area contributed by atoms with Gasteiger partial charge in [0.25, 0.3) is 5.69 Å². The minimum atomic E-state index is -0.867. The van der Waals surface area contributed by atoms with Crippen molar-refractivity contribution in [1.29, 1.82) is 0 Å². The maximum atomic E-state index is 11.7. The van der Waals surface area contributed by atoms with Crippen molar-refractivity contribution in [2.45, 2.75) is 32.1 Å². The van der Waals surface area contributed by atoms with Gasteiger partial charge in [-0.25, -0.2) is 5.43 Å². The van der Waals surface area contributed by atoms with Crippen LogP contribution in [0.2, 0.25) is 0 Å². The molecule has 0 aromatic heterocycles. The largest absolute Gasteiger partial charge is 0.329 e. The summed E-state index contributed by atoms with van der Waals surface area (Å²) in [6.45, 7) is 0. The second-order valence-corrected chi connectivity index (χ2v) is 4.94. The van der Waals surface area contributed by atoms with E-state index in [9.17, 15) is 19.7 Å². The zero-order valence-electron chi connectivity index (χ0n) is 11.9. The van der Waals surface area contributed by atoms with Gasteiger partial charge in [-0.05, 0) is 37.8 Å². The molecule has 0 radical (unpaired) electrons. The summed E-state index contributed by atoms with van der Waals surface area (Å²) in [5, 5.41) is 16.8. The van der Waals surface area contributed by atoms with Crippen LogP contribution < -0.4 is 10.7 Å². The molecule has 0 atom stereocenters. The zero-order chi connectivity index (χ0) is 15.9. The van der Waals surface area contributed by atoms with E-state index in [0.717, 1.165) is 37.8 Å². The lowest BCUT2D eigenvalue weighted by Gasteiger charge is -2.11. The predicted octanol–water partition coefficient (Wildman–Crippen LogP) is 1.97. The second kappa shape index (κ2) is 7.30. The fourth-order valence-electron chi connectivity index (χ4n) is 2.11. The highest BCUT2D eigenvalue weighted by Gasteiger charge is 2.15. The van der Waals surface area contributed by atoms with Crippen molar-refractivity contribution < 1.29 is 14.5 Å². The lowest BCUT2D eigenvalue weighted by Crippen LogP contribution is -2.33. The highest BCUT2D eigenvalue weighted by atomic mass is 16.6. The van der Waals surface area contributed by atoms with E-state index >= 15 is 0 Å². The number of carbonyl (C=O) groups is 2. The first-order valence-corrected chi connectivity index (χ1v) is 6.97. The van der Waals surface area contributed by atoms with E-state index in [2.05, 4.69) is 15.8 Å². The van der Waals surface area contributed by atoms with Crippen LogP contribution in [-0.2, 0) is 9.59 Å². The van der Waals surface area contributed by atoms with E-state index < -0.39 is 16.7 Å². The minimum Gasteiger partial charge on any atom is -0.318 e. The number of non-ortho nitro benzene ring substituents is 1. The second-order valence-electron chi connectivity index (χ2n) is 4.94. The number of hydrogen-bond donors (Lipinski definition) is 2. The first-order chi connectivity index (χ1) is 10.6. The first kappa shape index (κ1) is 15.6. The van der Waals surface area contributed by atoms with Gasteiger partial charge in [-0.15, -0.1) is 0 Å². The molecule has 1 aromatic carbocycles. The first-order valence-electron chi connectivity index (χ1n) is 6.97. The predicted molar refractivity (Wildman–Crippen MR) is 80.4 cm³/mol. The number of nitrogens with zero attached hydrogens (tertiary/aromatic N) is 2. The molecule has 0 bridgehead atoms. The van der Waals surface area contributed by atoms with E-state index in [0.29, 0.717) is 5.69 Å². The van der Waals surface area contributed by atoms with Gasteiger partial charge < -0.3 is 5.32 Å². The Labute approximate surface area is 126 Å². The van der Waals surface area contributed by atoms with Crippen LogP contribution in [0.1, 0.15) is 32.1 Å². The Morgan fingerprint density at radius 1 is 1.05 bits per heavy atom. The molecule has 8 heteroatoms. The van der Waals surface area contributed by atoms with Crippen LogP contribution in [0.3, 0.4) is 0 Å². The average Bonchev–Trinajstić information content (AvgIpc) is 2.54. The summed E-state index contributed by atoms with van der Waals surface area (Å²) in [4.78, 5) is 33.3. The normalized spacial score (nSPS) is 14.1. The lowest BCUT2D eigenvalue weighted by molar-refractivity contribution is -0.384. The molecule has 0 heterocycles. The van der Waals surface area contributed by atoms with E-state index in [1.54, 1.807) is 0 Å². The van der Waals surface area contributed by atoms with Gasteiger partial charge in [-0.2, -0.15) is 5.10 Å². The number of carbonyl (C=O) groups excluding carboxylic acids is 2. The van der Waals surface area contributed by atoms with Crippen molar-refractivity contribution in [2.75, 3.05) is 5.32 Å². The van der Waals surface area contributed by atoms with Crippen LogP contribution in [0.25, 0.3) is 0 Å². The number of benzene rings is 1. The van der Waals surface area contributed by atoms with Crippen molar-refractivity contribution in [3.8, 4) is 0 Å². The Morgan fingerprint density at radius 2 is 1.68 bits per heavy atom. The summed E-state index contributed by atoms with van der Waals surface area (Å²) in [6.07, 6.45) is 4.93. The summed E-state index contributed by atoms with van der Waals surface area (Å²) < 4.78 is 0. The average molecular weight is 304 g/mol. The van der Waals surface area contributed by atoms with Gasteiger partial charge in [-0.1, -0.05) is 6.42 Å². The van der Waals surface area contributed by atoms with Crippen LogP contribution in [0.5, 0.6) is 0 Å². The summed E-state index contributed by atoms with van der Waals surface area (Å²) in [7, 11) is 0. The standard InChI is InChI=1S/C14H16N4O4/c19-13(14(20)17-16-11-4-2-1-3-5-11)15-10-6-8-12(9-7-10)18(21)22/h6-9H,1-5H2,(H,15,19)(H,17,20). The van der Waals surface area contributed by atoms with Crippen LogP contribution in [0.4, 0.5) is 11.4 Å². The van der Waals surface area contributed by atoms with E-state index in [4.69, 9.17) is 0 Å². The number of anilines is 1. The summed E-state index contributed by atoms with van der Waals surface area (Å²) in [5.41, 5.74) is 3.33. The number of rotatable bonds is 3. The van der Waals surface area contributed by atoms with Crippen LogP contribution in [0.15, 0.2) is 29.4 Å². The molecular formula is C14H16N4O4. The van der Waals surface area contributed by atoms with E-state index in [-0.39, 0.29) is 5.69 Å². The monoisotopic (exact) mass is 304 g/mol. The fraction of sp³-hybridized carbons (Fsp3) is 0.357. The van der Waals surface area contributed by atoms with E-state index in [1.165, 1.54) is 24.3 Å². The Kier molecular flexibility index (Phi) is 5.18. The topological polar surface area (TPSA) is 114 Å². The molecule has 116 valence electrons. The summed E-state index contributed by atoms with van der Waals surface area (Å²) in [5.74, 6) is -1.73. The highest BCUT2D eigenvalue weighted by molar-refractivity contribution is 6.39. The number of nitrogens with one attached hydrogen (secondary N) is 2. The Hall–Kier alpha value is -2.77. The van der Waals surface area contributed by atoms with Crippen molar-refractivity contribution in [3.05, 3.63) is 34.4 Å². The molecule has 2 amide bonds. The zero-order valence-corrected chi connectivity index (χ0v) is 11.9. The lowest BCUT2D eigenvalue weighted by atomic mass is 9.99. The van der Waals surface area contributed by atoms with Crippen molar-refractivity contribution >= 4 is 28.9 Å². The molecule has 22 heavy (non-hydrogen) atoms. The maximum absolute atomic E-state index is 11.7. The quantitative estimate of drug-likeness (QED) is 0.504. The molecule has 2 N–H and O–H groups in total. The Bertz CT molecular complexity index is 602. The van der Waals surface area contributed by atoms with Crippen molar-refractivity contribution in [1.82, 2.24) is 5.43 Å². The number of hydrogen-bond acceptors (Lipinski definition) is 5. The minimum absolute atomic E-state index is 0.0915. The van der Waals surface area contributed by atoms with Crippen molar-refractivity contribution in [2.24, 2.45) is 5.10 Å².